The Kier molecular flexibility index (Phi) is 5.66. The van der Waals surface area contributed by atoms with Crippen LogP contribution in [-0.4, -0.2) is 20.6 Å². The van der Waals surface area contributed by atoms with Gasteiger partial charge in [0.1, 0.15) is 0 Å². The number of rotatable bonds is 7. The molecule has 1 aromatic carbocycles. The van der Waals surface area contributed by atoms with Crippen molar-refractivity contribution in [3.8, 4) is 5.69 Å². The quantitative estimate of drug-likeness (QED) is 0.484. The second-order valence-corrected chi connectivity index (χ2v) is 7.57. The molecule has 3 aromatic rings. The van der Waals surface area contributed by atoms with E-state index in [2.05, 4.69) is 24.3 Å². The normalized spacial score (nSPS) is 12.1. The molecule has 1 N–H and O–H groups in total. The highest BCUT2D eigenvalue weighted by molar-refractivity contribution is 7.10. The number of carbonyl (C=O) groups is 1. The van der Waals surface area contributed by atoms with E-state index < -0.39 is 4.92 Å². The molecule has 1 amide bonds. The average Bonchev–Trinajstić information content (AvgIpc) is 3.33. The van der Waals surface area contributed by atoms with Gasteiger partial charge in [0.05, 0.1) is 16.7 Å². The topological polar surface area (TPSA) is 90.1 Å². The highest BCUT2D eigenvalue weighted by Gasteiger charge is 2.19. The predicted octanol–water partition coefficient (Wildman–Crippen LogP) is 4.36. The monoisotopic (exact) mass is 384 g/mol. The molecule has 140 valence electrons. The summed E-state index contributed by atoms with van der Waals surface area (Å²) in [5.74, 6) is 0.199. The number of nitrogens with one attached hydrogen (secondary N) is 1. The lowest BCUT2D eigenvalue weighted by Crippen LogP contribution is -2.29. The Morgan fingerprint density at radius 2 is 2.00 bits per heavy atom. The highest BCUT2D eigenvalue weighted by atomic mass is 32.1. The van der Waals surface area contributed by atoms with E-state index in [1.165, 1.54) is 16.8 Å². The zero-order valence-corrected chi connectivity index (χ0v) is 15.8. The van der Waals surface area contributed by atoms with E-state index in [0.717, 1.165) is 11.3 Å². The van der Waals surface area contributed by atoms with Crippen LogP contribution in [0.2, 0.25) is 0 Å². The molecule has 1 unspecified atom stereocenters. The Morgan fingerprint density at radius 3 is 2.59 bits per heavy atom. The molecule has 0 saturated carbocycles. The Hall–Kier alpha value is -3.00. The third-order valence-corrected chi connectivity index (χ3v) is 5.03. The van der Waals surface area contributed by atoms with E-state index >= 15 is 0 Å². The van der Waals surface area contributed by atoms with Crippen molar-refractivity contribution < 1.29 is 9.72 Å². The fourth-order valence-corrected chi connectivity index (χ4v) is 3.55. The zero-order chi connectivity index (χ0) is 19.4. The van der Waals surface area contributed by atoms with Gasteiger partial charge in [0.15, 0.2) is 5.69 Å². The van der Waals surface area contributed by atoms with E-state index in [-0.39, 0.29) is 17.6 Å². The molecule has 0 radical (unpaired) electrons. The van der Waals surface area contributed by atoms with E-state index in [9.17, 15) is 14.9 Å². The van der Waals surface area contributed by atoms with Crippen molar-refractivity contribution in [2.75, 3.05) is 0 Å². The van der Waals surface area contributed by atoms with Crippen molar-refractivity contribution in [3.63, 3.8) is 0 Å². The molecule has 0 aliphatic heterocycles. The van der Waals surface area contributed by atoms with Crippen LogP contribution in [0.25, 0.3) is 5.69 Å². The maximum Gasteiger partial charge on any atom is 0.272 e. The number of nitrogens with zero attached hydrogens (tertiary/aromatic N) is 3. The van der Waals surface area contributed by atoms with Gasteiger partial charge < -0.3 is 5.32 Å². The van der Waals surface area contributed by atoms with Gasteiger partial charge in [-0.05, 0) is 42.0 Å². The van der Waals surface area contributed by atoms with Crippen molar-refractivity contribution >= 4 is 22.9 Å². The molecule has 0 aliphatic rings. The van der Waals surface area contributed by atoms with Gasteiger partial charge in [0, 0.05) is 23.2 Å². The van der Waals surface area contributed by atoms with Crippen molar-refractivity contribution in [3.05, 3.63) is 74.7 Å². The van der Waals surface area contributed by atoms with Crippen LogP contribution in [0.3, 0.4) is 0 Å². The van der Waals surface area contributed by atoms with E-state index in [4.69, 9.17) is 0 Å². The molecule has 27 heavy (non-hydrogen) atoms. The maximum absolute atomic E-state index is 12.6. The zero-order valence-electron chi connectivity index (χ0n) is 15.0. The van der Waals surface area contributed by atoms with Crippen LogP contribution in [0.4, 0.5) is 5.69 Å². The first-order valence-electron chi connectivity index (χ1n) is 8.59. The Labute approximate surface area is 160 Å². The van der Waals surface area contributed by atoms with Crippen LogP contribution in [0.15, 0.2) is 54.0 Å². The summed E-state index contributed by atoms with van der Waals surface area (Å²) in [6, 6.07) is 11.6. The van der Waals surface area contributed by atoms with Gasteiger partial charge in [-0.3, -0.25) is 14.9 Å². The molecular formula is C19H20N4O3S. The minimum absolute atomic E-state index is 0.0105. The lowest BCUT2D eigenvalue weighted by atomic mass is 10.0. The smallest absolute Gasteiger partial charge is 0.272 e. The second-order valence-electron chi connectivity index (χ2n) is 6.59. The molecule has 1 atom stereocenters. The van der Waals surface area contributed by atoms with Crippen LogP contribution in [0.5, 0.6) is 0 Å². The minimum atomic E-state index is -0.453. The molecule has 2 heterocycles. The lowest BCUT2D eigenvalue weighted by Gasteiger charge is -2.19. The molecule has 8 heteroatoms. The number of amides is 1. The summed E-state index contributed by atoms with van der Waals surface area (Å²) in [4.78, 5) is 24.1. The molecule has 0 spiro atoms. The van der Waals surface area contributed by atoms with Gasteiger partial charge in [-0.25, -0.2) is 4.68 Å². The van der Waals surface area contributed by atoms with Crippen LogP contribution in [0, 0.1) is 16.0 Å². The van der Waals surface area contributed by atoms with E-state index in [0.29, 0.717) is 17.3 Å². The molecule has 2 aromatic heterocycles. The lowest BCUT2D eigenvalue weighted by molar-refractivity contribution is -0.384. The highest BCUT2D eigenvalue weighted by Crippen LogP contribution is 2.25. The number of aromatic nitrogens is 2. The fraction of sp³-hybridized carbons (Fsp3) is 0.263. The van der Waals surface area contributed by atoms with Crippen molar-refractivity contribution in [2.45, 2.75) is 26.3 Å². The summed E-state index contributed by atoms with van der Waals surface area (Å²) in [7, 11) is 0. The number of hydrogen-bond acceptors (Lipinski definition) is 5. The summed E-state index contributed by atoms with van der Waals surface area (Å²) < 4.78 is 1.53. The summed E-state index contributed by atoms with van der Waals surface area (Å²) in [6.07, 6.45) is 2.51. The second kappa shape index (κ2) is 8.13. The first kappa shape index (κ1) is 18.8. The molecule has 3 rings (SSSR count). The van der Waals surface area contributed by atoms with Crippen LogP contribution < -0.4 is 5.32 Å². The average molecular weight is 384 g/mol. The molecule has 7 nitrogen and oxygen atoms in total. The van der Waals surface area contributed by atoms with Crippen molar-refractivity contribution in [1.82, 2.24) is 15.1 Å². The summed E-state index contributed by atoms with van der Waals surface area (Å²) in [5, 5.41) is 20.1. The van der Waals surface area contributed by atoms with Crippen molar-refractivity contribution in [2.24, 2.45) is 5.92 Å². The number of hydrogen-bond donors (Lipinski definition) is 1. The van der Waals surface area contributed by atoms with Gasteiger partial charge in [-0.2, -0.15) is 5.10 Å². The van der Waals surface area contributed by atoms with E-state index in [1.807, 2.05) is 17.5 Å². The van der Waals surface area contributed by atoms with Crippen LogP contribution in [0.1, 0.15) is 41.7 Å². The van der Waals surface area contributed by atoms with E-state index in [1.54, 1.807) is 35.7 Å². The molecule has 0 saturated heterocycles. The third-order valence-electron chi connectivity index (χ3n) is 4.05. The standard InChI is InChI=1S/C19H20N4O3S/c1-13(2)12-17(18-4-3-11-27-18)20-19(24)16-9-10-22(21-16)14-5-7-15(8-6-14)23(25)26/h3-11,13,17H,12H2,1-2H3,(H,20,24). The number of nitro groups is 1. The first-order valence-corrected chi connectivity index (χ1v) is 9.47. The van der Waals surface area contributed by atoms with Crippen LogP contribution >= 0.6 is 11.3 Å². The Morgan fingerprint density at radius 1 is 1.26 bits per heavy atom. The fourth-order valence-electron chi connectivity index (χ4n) is 2.76. The number of thiophene rings is 1. The summed E-state index contributed by atoms with van der Waals surface area (Å²) >= 11 is 1.62. The number of non-ortho nitro benzene ring substituents is 1. The Bertz CT molecular complexity index is 917. The summed E-state index contributed by atoms with van der Waals surface area (Å²) in [6.45, 7) is 4.24. The number of carbonyl (C=O) groups excluding carboxylic acids is 1. The largest absolute Gasteiger partial charge is 0.343 e. The van der Waals surface area contributed by atoms with Gasteiger partial charge in [-0.15, -0.1) is 11.3 Å². The summed E-state index contributed by atoms with van der Waals surface area (Å²) in [5.41, 5.74) is 0.964. The number of nitro benzene ring substituents is 1. The molecule has 0 bridgehead atoms. The third kappa shape index (κ3) is 4.59. The minimum Gasteiger partial charge on any atom is -0.343 e. The molecular weight excluding hydrogens is 364 g/mol. The molecule has 0 aliphatic carbocycles. The Balaban J connectivity index is 1.74. The predicted molar refractivity (Wildman–Crippen MR) is 104 cm³/mol. The number of benzene rings is 1. The van der Waals surface area contributed by atoms with Gasteiger partial charge in [0.25, 0.3) is 11.6 Å². The van der Waals surface area contributed by atoms with Crippen LogP contribution in [-0.2, 0) is 0 Å². The van der Waals surface area contributed by atoms with Crippen molar-refractivity contribution in [1.29, 1.82) is 0 Å². The SMILES string of the molecule is CC(C)CC(NC(=O)c1ccn(-c2ccc([N+](=O)[O-])cc2)n1)c1cccs1. The van der Waals surface area contributed by atoms with Gasteiger partial charge in [-0.1, -0.05) is 19.9 Å². The first-order chi connectivity index (χ1) is 12.9. The van der Waals surface area contributed by atoms with Gasteiger partial charge >= 0.3 is 0 Å². The maximum atomic E-state index is 12.6. The molecule has 0 fully saturated rings. The van der Waals surface area contributed by atoms with Gasteiger partial charge in [0.2, 0.25) is 0 Å².